The Labute approximate surface area is 118 Å². The summed E-state index contributed by atoms with van der Waals surface area (Å²) in [6, 6.07) is 0. The van der Waals surface area contributed by atoms with Crippen molar-refractivity contribution in [3.63, 3.8) is 0 Å². The van der Waals surface area contributed by atoms with E-state index >= 15 is 0 Å². The van der Waals surface area contributed by atoms with Crippen LogP contribution in [0.15, 0.2) is 0 Å². The van der Waals surface area contributed by atoms with E-state index in [-0.39, 0.29) is 6.54 Å². The first-order valence-corrected chi connectivity index (χ1v) is 6.91. The molecular weight excluding hydrogens is 293 g/mol. The van der Waals surface area contributed by atoms with Crippen LogP contribution in [0.4, 0.5) is 18.0 Å². The van der Waals surface area contributed by atoms with Gasteiger partial charge >= 0.3 is 12.3 Å². The lowest BCUT2D eigenvalue weighted by Crippen LogP contribution is -2.39. The second-order valence-corrected chi connectivity index (χ2v) is 6.62. The Hall–Kier alpha value is -1.31. The molecule has 0 unspecified atom stereocenters. The van der Waals surface area contributed by atoms with Crippen molar-refractivity contribution in [1.29, 1.82) is 0 Å². The first kappa shape index (κ1) is 15.1. The quantitative estimate of drug-likeness (QED) is 0.737. The summed E-state index contributed by atoms with van der Waals surface area (Å²) >= 11 is 0.654. The highest BCUT2D eigenvalue weighted by Gasteiger charge is 2.37. The average Bonchev–Trinajstić information content (AvgIpc) is 2.68. The number of fused-ring (bicyclic) bond motifs is 1. The van der Waals surface area contributed by atoms with Gasteiger partial charge in [0.25, 0.3) is 0 Å². The summed E-state index contributed by atoms with van der Waals surface area (Å²) in [5.74, 6) is 0. The molecule has 20 heavy (non-hydrogen) atoms. The lowest BCUT2D eigenvalue weighted by atomic mass is 10.2. The van der Waals surface area contributed by atoms with Crippen LogP contribution < -0.4 is 0 Å². The number of rotatable bonds is 0. The molecule has 1 aliphatic rings. The van der Waals surface area contributed by atoms with Crippen LogP contribution >= 0.6 is 11.3 Å². The van der Waals surface area contributed by atoms with E-state index in [1.165, 1.54) is 4.90 Å². The van der Waals surface area contributed by atoms with Gasteiger partial charge in [-0.3, -0.25) is 0 Å². The molecule has 0 fully saturated rings. The molecule has 0 N–H and O–H groups in total. The lowest BCUT2D eigenvalue weighted by Gasteiger charge is -2.29. The van der Waals surface area contributed by atoms with E-state index < -0.39 is 22.9 Å². The van der Waals surface area contributed by atoms with Gasteiger partial charge in [0.15, 0.2) is 5.01 Å². The fourth-order valence-corrected chi connectivity index (χ4v) is 2.73. The van der Waals surface area contributed by atoms with Crippen molar-refractivity contribution in [3.05, 3.63) is 15.6 Å². The third-order valence-corrected chi connectivity index (χ3v) is 3.82. The van der Waals surface area contributed by atoms with Crippen LogP contribution in [0.2, 0.25) is 0 Å². The number of alkyl halides is 3. The van der Waals surface area contributed by atoms with Crippen molar-refractivity contribution in [2.45, 2.75) is 45.5 Å². The maximum atomic E-state index is 12.6. The summed E-state index contributed by atoms with van der Waals surface area (Å²) in [4.78, 5) is 17.5. The van der Waals surface area contributed by atoms with E-state index in [1.807, 2.05) is 0 Å². The molecule has 0 spiro atoms. The van der Waals surface area contributed by atoms with Crippen molar-refractivity contribution < 1.29 is 22.7 Å². The molecule has 0 atom stereocenters. The van der Waals surface area contributed by atoms with Crippen molar-refractivity contribution in [1.82, 2.24) is 9.88 Å². The Bertz CT molecular complexity index is 520. The van der Waals surface area contributed by atoms with Gasteiger partial charge in [-0.2, -0.15) is 13.2 Å². The zero-order valence-corrected chi connectivity index (χ0v) is 12.2. The predicted molar refractivity (Wildman–Crippen MR) is 67.5 cm³/mol. The van der Waals surface area contributed by atoms with Gasteiger partial charge < -0.3 is 9.64 Å². The molecule has 8 heteroatoms. The summed E-state index contributed by atoms with van der Waals surface area (Å²) < 4.78 is 43.0. The molecule has 0 bridgehead atoms. The Kier molecular flexibility index (Phi) is 3.70. The monoisotopic (exact) mass is 308 g/mol. The summed E-state index contributed by atoms with van der Waals surface area (Å²) in [5.41, 5.74) is -0.309. The molecule has 1 aromatic rings. The molecule has 0 radical (unpaired) electrons. The largest absolute Gasteiger partial charge is 0.444 e. The Morgan fingerprint density at radius 2 is 2.00 bits per heavy atom. The van der Waals surface area contributed by atoms with Crippen molar-refractivity contribution in [3.8, 4) is 0 Å². The number of nitrogens with zero attached hydrogens (tertiary/aromatic N) is 2. The van der Waals surface area contributed by atoms with Crippen LogP contribution in [-0.4, -0.2) is 28.1 Å². The number of hydrogen-bond acceptors (Lipinski definition) is 4. The first-order chi connectivity index (χ1) is 9.06. The highest BCUT2D eigenvalue weighted by molar-refractivity contribution is 7.11. The molecule has 0 aliphatic carbocycles. The van der Waals surface area contributed by atoms with Crippen LogP contribution in [0.25, 0.3) is 0 Å². The smallest absolute Gasteiger partial charge is 0.443 e. The zero-order valence-electron chi connectivity index (χ0n) is 11.4. The Morgan fingerprint density at radius 1 is 1.35 bits per heavy atom. The molecule has 4 nitrogen and oxygen atoms in total. The molecule has 2 rings (SSSR count). The van der Waals surface area contributed by atoms with Gasteiger partial charge in [0, 0.05) is 17.8 Å². The number of aromatic nitrogens is 1. The molecule has 0 saturated heterocycles. The highest BCUT2D eigenvalue weighted by atomic mass is 32.1. The van der Waals surface area contributed by atoms with Crippen molar-refractivity contribution >= 4 is 17.4 Å². The maximum absolute atomic E-state index is 12.6. The summed E-state index contributed by atoms with van der Waals surface area (Å²) in [6.07, 6.45) is -4.58. The van der Waals surface area contributed by atoms with E-state index in [4.69, 9.17) is 4.74 Å². The van der Waals surface area contributed by atoms with Crippen LogP contribution in [0.1, 0.15) is 36.3 Å². The second-order valence-electron chi connectivity index (χ2n) is 5.54. The molecule has 1 aliphatic heterocycles. The third kappa shape index (κ3) is 3.41. The topological polar surface area (TPSA) is 42.4 Å². The fourth-order valence-electron chi connectivity index (χ4n) is 1.80. The molecule has 112 valence electrons. The minimum absolute atomic E-state index is 0.0663. The van der Waals surface area contributed by atoms with Crippen LogP contribution in [0.5, 0.6) is 0 Å². The summed E-state index contributed by atoms with van der Waals surface area (Å²) in [7, 11) is 0. The van der Waals surface area contributed by atoms with Crippen molar-refractivity contribution in [2.75, 3.05) is 6.54 Å². The summed E-state index contributed by atoms with van der Waals surface area (Å²) in [6.45, 7) is 5.64. The number of carbonyl (C=O) groups is 1. The normalized spacial score (nSPS) is 16.0. The lowest BCUT2D eigenvalue weighted by molar-refractivity contribution is -0.137. The number of ether oxygens (including phenoxy) is 1. The minimum Gasteiger partial charge on any atom is -0.444 e. The van der Waals surface area contributed by atoms with Gasteiger partial charge in [0.2, 0.25) is 0 Å². The van der Waals surface area contributed by atoms with Gasteiger partial charge in [0.1, 0.15) is 5.60 Å². The molecule has 0 aromatic carbocycles. The number of hydrogen-bond donors (Lipinski definition) is 0. The number of carbonyl (C=O) groups excluding carboxylic acids is 1. The second kappa shape index (κ2) is 4.91. The predicted octanol–water partition coefficient (Wildman–Crippen LogP) is 3.46. The van der Waals surface area contributed by atoms with Crippen molar-refractivity contribution in [2.24, 2.45) is 0 Å². The average molecular weight is 308 g/mol. The number of amides is 1. The van der Waals surface area contributed by atoms with E-state index in [9.17, 15) is 18.0 Å². The fraction of sp³-hybridized carbons (Fsp3) is 0.667. The summed E-state index contributed by atoms with van der Waals surface area (Å²) in [5, 5.41) is -0.853. The molecule has 1 aromatic heterocycles. The molecule has 0 saturated carbocycles. The number of halogens is 3. The van der Waals surface area contributed by atoms with E-state index in [1.54, 1.807) is 20.8 Å². The zero-order chi connectivity index (χ0) is 15.1. The van der Waals surface area contributed by atoms with E-state index in [2.05, 4.69) is 4.98 Å². The Balaban J connectivity index is 2.11. The van der Waals surface area contributed by atoms with E-state index in [0.717, 1.165) is 0 Å². The van der Waals surface area contributed by atoms with E-state index in [0.29, 0.717) is 34.9 Å². The third-order valence-electron chi connectivity index (χ3n) is 2.62. The van der Waals surface area contributed by atoms with Gasteiger partial charge in [-0.1, -0.05) is 0 Å². The van der Waals surface area contributed by atoms with Gasteiger partial charge in [-0.05, 0) is 20.8 Å². The van der Waals surface area contributed by atoms with Gasteiger partial charge in [0.05, 0.1) is 12.2 Å². The van der Waals surface area contributed by atoms with Crippen LogP contribution in [-0.2, 0) is 23.9 Å². The van der Waals surface area contributed by atoms with Crippen LogP contribution in [0.3, 0.4) is 0 Å². The SMILES string of the molecule is CC(C)(C)OC(=O)N1CCc2sc(C(F)(F)F)nc2C1. The molecular formula is C12H15F3N2O2S. The Morgan fingerprint density at radius 3 is 2.55 bits per heavy atom. The first-order valence-electron chi connectivity index (χ1n) is 6.10. The molecule has 1 amide bonds. The number of thiazole rings is 1. The maximum Gasteiger partial charge on any atom is 0.443 e. The highest BCUT2D eigenvalue weighted by Crippen LogP contribution is 2.36. The standard InChI is InChI=1S/C12H15F3N2O2S/c1-11(2,3)19-10(18)17-5-4-8-7(6-17)16-9(20-8)12(13,14)15/h4-6H2,1-3H3. The minimum atomic E-state index is -4.43. The van der Waals surface area contributed by atoms with Gasteiger partial charge in [-0.25, -0.2) is 9.78 Å². The van der Waals surface area contributed by atoms with Gasteiger partial charge in [-0.15, -0.1) is 11.3 Å². The molecule has 2 heterocycles. The van der Waals surface area contributed by atoms with Crippen LogP contribution in [0, 0.1) is 0 Å².